The largest absolute Gasteiger partial charge is 0.348 e. The van der Waals surface area contributed by atoms with Crippen molar-refractivity contribution in [3.63, 3.8) is 0 Å². The van der Waals surface area contributed by atoms with E-state index in [2.05, 4.69) is 23.1 Å². The van der Waals surface area contributed by atoms with Gasteiger partial charge in [0.25, 0.3) is 0 Å². The zero-order chi connectivity index (χ0) is 18.1. The minimum absolute atomic E-state index is 0.119. The third-order valence-corrected chi connectivity index (χ3v) is 8.12. The molecule has 2 saturated carbocycles. The molecule has 27 heavy (non-hydrogen) atoms. The number of hydrogen-bond donors (Lipinski definition) is 0. The van der Waals surface area contributed by atoms with Gasteiger partial charge in [0.1, 0.15) is 0 Å². The van der Waals surface area contributed by atoms with Crippen LogP contribution >= 0.6 is 0 Å². The number of rotatable bonds is 2. The van der Waals surface area contributed by atoms with Crippen LogP contribution in [0, 0.1) is 23.2 Å². The maximum absolute atomic E-state index is 9.50. The Balaban J connectivity index is 1.45. The Kier molecular flexibility index (Phi) is 3.55. The van der Waals surface area contributed by atoms with Crippen molar-refractivity contribution < 1.29 is 9.47 Å². The molecule has 1 spiro atoms. The molecule has 4 heteroatoms. The van der Waals surface area contributed by atoms with Crippen LogP contribution in [0.25, 0.3) is 0 Å². The smallest absolute Gasteiger partial charge is 0.169 e. The van der Waals surface area contributed by atoms with Gasteiger partial charge in [0.2, 0.25) is 0 Å². The van der Waals surface area contributed by atoms with Crippen molar-refractivity contribution in [3.05, 3.63) is 34.9 Å². The predicted octanol–water partition coefficient (Wildman–Crippen LogP) is 3.38. The van der Waals surface area contributed by atoms with Crippen molar-refractivity contribution in [1.29, 1.82) is 5.26 Å². The van der Waals surface area contributed by atoms with Crippen molar-refractivity contribution >= 4 is 0 Å². The van der Waals surface area contributed by atoms with E-state index in [1.165, 1.54) is 49.9 Å². The van der Waals surface area contributed by atoms with Crippen LogP contribution in [-0.2, 0) is 21.3 Å². The van der Waals surface area contributed by atoms with Gasteiger partial charge in [0, 0.05) is 30.8 Å². The van der Waals surface area contributed by atoms with Crippen molar-refractivity contribution in [2.24, 2.45) is 11.8 Å². The fourth-order valence-corrected chi connectivity index (χ4v) is 6.77. The van der Waals surface area contributed by atoms with Gasteiger partial charge in [-0.3, -0.25) is 4.90 Å². The summed E-state index contributed by atoms with van der Waals surface area (Å²) in [4.78, 5) is 2.82. The fourth-order valence-electron chi connectivity index (χ4n) is 6.77. The van der Waals surface area contributed by atoms with Crippen molar-refractivity contribution in [3.8, 4) is 6.07 Å². The molecule has 1 aromatic rings. The molecule has 2 aliphatic heterocycles. The molecule has 1 aromatic carbocycles. The highest BCUT2D eigenvalue weighted by atomic mass is 16.7. The highest BCUT2D eigenvalue weighted by Gasteiger charge is 2.60. The average molecular weight is 364 g/mol. The molecule has 142 valence electrons. The Hall–Kier alpha value is -1.41. The summed E-state index contributed by atoms with van der Waals surface area (Å²) in [6, 6.07) is 9.47. The summed E-state index contributed by atoms with van der Waals surface area (Å²) >= 11 is 0. The van der Waals surface area contributed by atoms with E-state index in [1.54, 1.807) is 0 Å². The van der Waals surface area contributed by atoms with E-state index in [-0.39, 0.29) is 11.2 Å². The molecule has 2 saturated heterocycles. The SMILES string of the molecule is N#Cc1ccc2c(c1)C13CCN(CC4CC4)C(C2)C1CCC1(C3)OCCO1. The number of hydrogen-bond acceptors (Lipinski definition) is 4. The Labute approximate surface area is 161 Å². The first-order chi connectivity index (χ1) is 13.2. The molecule has 5 aliphatic rings. The fraction of sp³-hybridized carbons (Fsp3) is 0.696. The van der Waals surface area contributed by atoms with Crippen LogP contribution in [0.1, 0.15) is 55.2 Å². The van der Waals surface area contributed by atoms with Crippen LogP contribution in [0.15, 0.2) is 18.2 Å². The zero-order valence-electron chi connectivity index (χ0n) is 16.0. The second kappa shape index (κ2) is 5.80. The van der Waals surface area contributed by atoms with Gasteiger partial charge in [0.15, 0.2) is 5.79 Å². The number of ether oxygens (including phenoxy) is 2. The normalized spacial score (nSPS) is 36.9. The van der Waals surface area contributed by atoms with Gasteiger partial charge in [-0.1, -0.05) is 6.07 Å². The molecule has 3 unspecified atom stereocenters. The Bertz CT molecular complexity index is 805. The van der Waals surface area contributed by atoms with Gasteiger partial charge in [-0.25, -0.2) is 0 Å². The van der Waals surface area contributed by atoms with Gasteiger partial charge in [-0.15, -0.1) is 0 Å². The standard InChI is InChI=1S/C23H28N2O2/c24-13-17-3-4-18-12-21-19-5-6-23(26-9-10-27-23)15-22(19,20(18)11-17)7-8-25(21)14-16-1-2-16/h3-4,11,16,19,21H,1-2,5-10,12,14-15H2. The maximum Gasteiger partial charge on any atom is 0.169 e. The minimum atomic E-state index is -0.378. The Morgan fingerprint density at radius 1 is 1.15 bits per heavy atom. The lowest BCUT2D eigenvalue weighted by Crippen LogP contribution is -2.64. The van der Waals surface area contributed by atoms with Gasteiger partial charge in [-0.2, -0.15) is 5.26 Å². The van der Waals surface area contributed by atoms with Crippen LogP contribution in [0.5, 0.6) is 0 Å². The lowest BCUT2D eigenvalue weighted by molar-refractivity contribution is -0.213. The van der Waals surface area contributed by atoms with Crippen LogP contribution < -0.4 is 0 Å². The highest BCUT2D eigenvalue weighted by molar-refractivity contribution is 5.47. The number of piperidine rings is 1. The Morgan fingerprint density at radius 3 is 2.78 bits per heavy atom. The van der Waals surface area contributed by atoms with E-state index in [0.717, 1.165) is 44.0 Å². The first-order valence-corrected chi connectivity index (χ1v) is 10.8. The first kappa shape index (κ1) is 16.5. The minimum Gasteiger partial charge on any atom is -0.348 e. The van der Waals surface area contributed by atoms with Gasteiger partial charge < -0.3 is 9.47 Å². The van der Waals surface area contributed by atoms with Crippen molar-refractivity contribution in [2.75, 3.05) is 26.3 Å². The van der Waals surface area contributed by atoms with Crippen LogP contribution in [0.4, 0.5) is 0 Å². The molecule has 0 amide bonds. The third kappa shape index (κ3) is 2.45. The van der Waals surface area contributed by atoms with Gasteiger partial charge in [-0.05, 0) is 73.7 Å². The summed E-state index contributed by atoms with van der Waals surface area (Å²) in [6.45, 7) is 3.93. The lowest BCUT2D eigenvalue weighted by Gasteiger charge is -2.61. The third-order valence-electron chi connectivity index (χ3n) is 8.12. The summed E-state index contributed by atoms with van der Waals surface area (Å²) in [5, 5.41) is 9.50. The van der Waals surface area contributed by atoms with E-state index in [1.807, 2.05) is 6.07 Å². The van der Waals surface area contributed by atoms with Crippen LogP contribution in [-0.4, -0.2) is 43.0 Å². The summed E-state index contributed by atoms with van der Waals surface area (Å²) < 4.78 is 12.4. The molecule has 6 rings (SSSR count). The molecule has 3 atom stereocenters. The summed E-state index contributed by atoms with van der Waals surface area (Å²) in [5.41, 5.74) is 3.82. The second-order valence-corrected chi connectivity index (χ2v) is 9.53. The predicted molar refractivity (Wildman–Crippen MR) is 101 cm³/mol. The maximum atomic E-state index is 9.50. The van der Waals surface area contributed by atoms with Crippen molar-refractivity contribution in [2.45, 2.75) is 62.2 Å². The monoisotopic (exact) mass is 364 g/mol. The molecular formula is C23H28N2O2. The van der Waals surface area contributed by atoms with E-state index in [0.29, 0.717) is 12.0 Å². The zero-order valence-corrected chi connectivity index (χ0v) is 16.0. The van der Waals surface area contributed by atoms with Crippen LogP contribution in [0.3, 0.4) is 0 Å². The van der Waals surface area contributed by atoms with Crippen LogP contribution in [0.2, 0.25) is 0 Å². The van der Waals surface area contributed by atoms with E-state index in [9.17, 15) is 5.26 Å². The molecule has 0 aromatic heterocycles. The molecule has 2 heterocycles. The molecular weight excluding hydrogens is 336 g/mol. The molecule has 0 N–H and O–H groups in total. The molecule has 2 bridgehead atoms. The lowest BCUT2D eigenvalue weighted by atomic mass is 9.51. The van der Waals surface area contributed by atoms with E-state index in [4.69, 9.17) is 9.47 Å². The highest BCUT2D eigenvalue weighted by Crippen LogP contribution is 2.59. The number of likely N-dealkylation sites (tertiary alicyclic amines) is 1. The molecule has 4 nitrogen and oxygen atoms in total. The van der Waals surface area contributed by atoms with E-state index >= 15 is 0 Å². The average Bonchev–Trinajstić information content (AvgIpc) is 3.41. The van der Waals surface area contributed by atoms with Gasteiger partial charge in [0.05, 0.1) is 24.8 Å². The quantitative estimate of drug-likeness (QED) is 0.807. The summed E-state index contributed by atoms with van der Waals surface area (Å²) in [6.07, 6.45) is 8.35. The Morgan fingerprint density at radius 2 is 2.00 bits per heavy atom. The molecule has 0 radical (unpaired) electrons. The molecule has 4 fully saturated rings. The first-order valence-electron chi connectivity index (χ1n) is 10.8. The summed E-state index contributed by atoms with van der Waals surface area (Å²) in [5.74, 6) is 1.23. The number of nitrogens with zero attached hydrogens (tertiary/aromatic N) is 2. The number of benzene rings is 1. The van der Waals surface area contributed by atoms with Gasteiger partial charge >= 0.3 is 0 Å². The topological polar surface area (TPSA) is 45.5 Å². The number of fused-ring (bicyclic) bond motifs is 1. The van der Waals surface area contributed by atoms with E-state index < -0.39 is 0 Å². The summed E-state index contributed by atoms with van der Waals surface area (Å²) in [7, 11) is 0. The van der Waals surface area contributed by atoms with Crippen molar-refractivity contribution in [1.82, 2.24) is 4.90 Å². The molecule has 3 aliphatic carbocycles. The second-order valence-electron chi connectivity index (χ2n) is 9.53. The number of nitriles is 1.